The lowest BCUT2D eigenvalue weighted by Crippen LogP contribution is -2.51. The molecular formula is C27H29N3O4. The molecule has 3 amide bonds. The highest BCUT2D eigenvalue weighted by atomic mass is 16.7. The quantitative estimate of drug-likeness (QED) is 0.533. The van der Waals surface area contributed by atoms with Crippen molar-refractivity contribution in [1.29, 1.82) is 0 Å². The van der Waals surface area contributed by atoms with Crippen LogP contribution in [0.2, 0.25) is 0 Å². The first-order valence-corrected chi connectivity index (χ1v) is 11.4. The molecule has 3 aromatic carbocycles. The van der Waals surface area contributed by atoms with Crippen molar-refractivity contribution in [3.8, 4) is 11.5 Å². The van der Waals surface area contributed by atoms with Crippen molar-refractivity contribution in [2.75, 3.05) is 18.7 Å². The van der Waals surface area contributed by atoms with Crippen LogP contribution in [0.25, 0.3) is 0 Å². The summed E-state index contributed by atoms with van der Waals surface area (Å²) in [5, 5.41) is 5.78. The number of benzene rings is 3. The highest BCUT2D eigenvalue weighted by Crippen LogP contribution is 2.35. The number of hydrogen-bond acceptors (Lipinski definition) is 4. The summed E-state index contributed by atoms with van der Waals surface area (Å²) >= 11 is 0. The molecule has 0 bridgehead atoms. The van der Waals surface area contributed by atoms with Gasteiger partial charge in [0.1, 0.15) is 6.04 Å². The van der Waals surface area contributed by atoms with Crippen molar-refractivity contribution in [2.45, 2.75) is 32.4 Å². The third kappa shape index (κ3) is 5.49. The Labute approximate surface area is 199 Å². The van der Waals surface area contributed by atoms with E-state index in [2.05, 4.69) is 23.6 Å². The number of carbonyl (C=O) groups is 2. The van der Waals surface area contributed by atoms with Gasteiger partial charge in [-0.25, -0.2) is 4.79 Å². The SMILES string of the molecule is CCc1ccccc1CNC(=O)N[C@@H](Cc1ccccc1)C(=O)N(C)c1ccc2c(c1)OCO2. The van der Waals surface area contributed by atoms with Gasteiger partial charge in [-0.05, 0) is 35.2 Å². The largest absolute Gasteiger partial charge is 0.454 e. The van der Waals surface area contributed by atoms with E-state index in [-0.39, 0.29) is 18.7 Å². The smallest absolute Gasteiger partial charge is 0.315 e. The molecular weight excluding hydrogens is 430 g/mol. The summed E-state index contributed by atoms with van der Waals surface area (Å²) in [7, 11) is 1.69. The van der Waals surface area contributed by atoms with Crippen LogP contribution in [-0.2, 0) is 24.2 Å². The highest BCUT2D eigenvalue weighted by Gasteiger charge is 2.26. The van der Waals surface area contributed by atoms with Crippen LogP contribution in [0.1, 0.15) is 23.6 Å². The second-order valence-electron chi connectivity index (χ2n) is 8.13. The summed E-state index contributed by atoms with van der Waals surface area (Å²) in [5.74, 6) is 1.01. The van der Waals surface area contributed by atoms with Crippen LogP contribution in [0.5, 0.6) is 11.5 Å². The predicted octanol–water partition coefficient (Wildman–Crippen LogP) is 4.05. The van der Waals surface area contributed by atoms with Crippen molar-refractivity contribution in [1.82, 2.24) is 10.6 Å². The maximum Gasteiger partial charge on any atom is 0.315 e. The number of likely N-dealkylation sites (N-methyl/N-ethyl adjacent to an activating group) is 1. The van der Waals surface area contributed by atoms with Gasteiger partial charge in [0.05, 0.1) is 0 Å². The number of anilines is 1. The molecule has 0 saturated heterocycles. The molecule has 1 atom stereocenters. The van der Waals surface area contributed by atoms with E-state index < -0.39 is 6.04 Å². The van der Waals surface area contributed by atoms with E-state index in [9.17, 15) is 9.59 Å². The van der Waals surface area contributed by atoms with E-state index in [0.717, 1.165) is 17.5 Å². The number of nitrogens with zero attached hydrogens (tertiary/aromatic N) is 1. The van der Waals surface area contributed by atoms with Crippen molar-refractivity contribution in [3.63, 3.8) is 0 Å². The lowest BCUT2D eigenvalue weighted by Gasteiger charge is -2.25. The Morgan fingerprint density at radius 1 is 0.941 bits per heavy atom. The third-order valence-corrected chi connectivity index (χ3v) is 5.90. The average molecular weight is 460 g/mol. The number of ether oxygens (including phenoxy) is 2. The Bertz CT molecular complexity index is 1150. The fourth-order valence-corrected chi connectivity index (χ4v) is 3.96. The molecule has 3 aromatic rings. The maximum absolute atomic E-state index is 13.5. The zero-order valence-corrected chi connectivity index (χ0v) is 19.4. The summed E-state index contributed by atoms with van der Waals surface area (Å²) in [6.45, 7) is 2.63. The number of nitrogens with one attached hydrogen (secondary N) is 2. The van der Waals surface area contributed by atoms with Gasteiger partial charge in [0.15, 0.2) is 11.5 Å². The summed E-state index contributed by atoms with van der Waals surface area (Å²) in [5.41, 5.74) is 3.86. The molecule has 0 fully saturated rings. The minimum atomic E-state index is -0.751. The van der Waals surface area contributed by atoms with Gasteiger partial charge in [-0.3, -0.25) is 4.79 Å². The minimum absolute atomic E-state index is 0.163. The Hall–Kier alpha value is -4.00. The molecule has 0 unspecified atom stereocenters. The van der Waals surface area contributed by atoms with Crippen LogP contribution in [0.4, 0.5) is 10.5 Å². The maximum atomic E-state index is 13.5. The number of rotatable bonds is 8. The van der Waals surface area contributed by atoms with Gasteiger partial charge in [0, 0.05) is 31.8 Å². The van der Waals surface area contributed by atoms with E-state index in [4.69, 9.17) is 9.47 Å². The number of aryl methyl sites for hydroxylation is 1. The van der Waals surface area contributed by atoms with Crippen LogP contribution >= 0.6 is 0 Å². The molecule has 7 heteroatoms. The van der Waals surface area contributed by atoms with Gasteiger partial charge in [-0.1, -0.05) is 61.5 Å². The van der Waals surface area contributed by atoms with Gasteiger partial charge in [0.2, 0.25) is 12.7 Å². The number of urea groups is 1. The van der Waals surface area contributed by atoms with Crippen LogP contribution < -0.4 is 25.0 Å². The molecule has 7 nitrogen and oxygen atoms in total. The second kappa shape index (κ2) is 10.7. The molecule has 2 N–H and O–H groups in total. The van der Waals surface area contributed by atoms with Crippen LogP contribution in [0, 0.1) is 0 Å². The van der Waals surface area contributed by atoms with E-state index in [1.54, 1.807) is 25.2 Å². The third-order valence-electron chi connectivity index (χ3n) is 5.90. The lowest BCUT2D eigenvalue weighted by atomic mass is 10.0. The van der Waals surface area contributed by atoms with Gasteiger partial charge in [0.25, 0.3) is 0 Å². The summed E-state index contributed by atoms with van der Waals surface area (Å²) in [4.78, 5) is 27.8. The Balaban J connectivity index is 1.48. The van der Waals surface area contributed by atoms with Crippen molar-refractivity contribution in [2.24, 2.45) is 0 Å². The molecule has 1 aliphatic rings. The topological polar surface area (TPSA) is 79.9 Å². The Kier molecular flexibility index (Phi) is 7.32. The van der Waals surface area contributed by atoms with E-state index in [1.807, 2.05) is 48.5 Å². The van der Waals surface area contributed by atoms with Crippen LogP contribution in [0.3, 0.4) is 0 Å². The first kappa shape index (κ1) is 23.2. The van der Waals surface area contributed by atoms with E-state index >= 15 is 0 Å². The van der Waals surface area contributed by atoms with E-state index in [0.29, 0.717) is 30.2 Å². The molecule has 0 radical (unpaired) electrons. The number of amides is 3. The summed E-state index contributed by atoms with van der Waals surface area (Å²) in [6, 6.07) is 21.8. The molecule has 34 heavy (non-hydrogen) atoms. The molecule has 1 aliphatic heterocycles. The monoisotopic (exact) mass is 459 g/mol. The minimum Gasteiger partial charge on any atom is -0.454 e. The van der Waals surface area contributed by atoms with Gasteiger partial charge in [-0.15, -0.1) is 0 Å². The molecule has 0 spiro atoms. The van der Waals surface area contributed by atoms with Crippen molar-refractivity contribution >= 4 is 17.6 Å². The zero-order chi connectivity index (χ0) is 23.9. The first-order chi connectivity index (χ1) is 16.5. The Morgan fingerprint density at radius 3 is 2.41 bits per heavy atom. The second-order valence-corrected chi connectivity index (χ2v) is 8.13. The molecule has 176 valence electrons. The van der Waals surface area contributed by atoms with Gasteiger partial charge >= 0.3 is 6.03 Å². The average Bonchev–Trinajstić information content (AvgIpc) is 3.35. The first-order valence-electron chi connectivity index (χ1n) is 11.4. The zero-order valence-electron chi connectivity index (χ0n) is 19.4. The standard InChI is InChI=1S/C27H29N3O4/c1-3-20-11-7-8-12-21(20)17-28-27(32)29-23(15-19-9-5-4-6-10-19)26(31)30(2)22-13-14-24-25(16-22)34-18-33-24/h4-14,16,23H,3,15,17-18H2,1-2H3,(H2,28,29,32)/t23-/m0/s1. The van der Waals surface area contributed by atoms with Crippen LogP contribution in [0.15, 0.2) is 72.8 Å². The summed E-state index contributed by atoms with van der Waals surface area (Å²) < 4.78 is 10.8. The highest BCUT2D eigenvalue weighted by molar-refractivity contribution is 5.99. The van der Waals surface area contributed by atoms with Crippen LogP contribution in [-0.4, -0.2) is 31.8 Å². The van der Waals surface area contributed by atoms with Gasteiger partial charge < -0.3 is 25.0 Å². The normalized spacial score (nSPS) is 12.6. The molecule has 0 saturated carbocycles. The fraction of sp³-hybridized carbons (Fsp3) is 0.259. The lowest BCUT2D eigenvalue weighted by molar-refractivity contribution is -0.120. The van der Waals surface area contributed by atoms with Crippen molar-refractivity contribution < 1.29 is 19.1 Å². The number of hydrogen-bond donors (Lipinski definition) is 2. The molecule has 0 aliphatic carbocycles. The summed E-state index contributed by atoms with van der Waals surface area (Å²) in [6.07, 6.45) is 1.25. The van der Waals surface area contributed by atoms with Gasteiger partial charge in [-0.2, -0.15) is 0 Å². The fourth-order valence-electron chi connectivity index (χ4n) is 3.96. The predicted molar refractivity (Wildman–Crippen MR) is 131 cm³/mol. The number of fused-ring (bicyclic) bond motifs is 1. The van der Waals surface area contributed by atoms with E-state index in [1.165, 1.54) is 10.5 Å². The molecule has 1 heterocycles. The Morgan fingerprint density at radius 2 is 1.65 bits per heavy atom. The molecule has 4 rings (SSSR count). The van der Waals surface area contributed by atoms with Crippen molar-refractivity contribution in [3.05, 3.63) is 89.5 Å². The number of carbonyl (C=O) groups excluding carboxylic acids is 2. The molecule has 0 aromatic heterocycles.